The highest BCUT2D eigenvalue weighted by atomic mass is 15.1. The topological polar surface area (TPSA) is 29.3 Å². The fraction of sp³-hybridized carbons (Fsp3) is 0.600. The second-order valence-corrected chi connectivity index (χ2v) is 6.19. The van der Waals surface area contributed by atoms with Crippen molar-refractivity contribution in [3.8, 4) is 0 Å². The summed E-state index contributed by atoms with van der Waals surface area (Å²) in [4.78, 5) is 2.43. The zero-order valence-corrected chi connectivity index (χ0v) is 11.2. The summed E-state index contributed by atoms with van der Waals surface area (Å²) in [6, 6.07) is 8.19. The first kappa shape index (κ1) is 12.3. The fourth-order valence-electron chi connectivity index (χ4n) is 2.76. The number of piperidine rings is 1. The molecule has 0 aliphatic carbocycles. The number of benzene rings is 1. The van der Waals surface area contributed by atoms with Crippen molar-refractivity contribution in [2.75, 3.05) is 23.7 Å². The van der Waals surface area contributed by atoms with E-state index in [1.54, 1.807) is 0 Å². The molecule has 0 amide bonds. The highest BCUT2D eigenvalue weighted by Gasteiger charge is 2.29. The fourth-order valence-corrected chi connectivity index (χ4v) is 2.76. The number of nitrogen functional groups attached to an aromatic ring is 1. The summed E-state index contributed by atoms with van der Waals surface area (Å²) in [5.41, 5.74) is 8.58. The Hall–Kier alpha value is -1.18. The van der Waals surface area contributed by atoms with Gasteiger partial charge in [0.2, 0.25) is 0 Å². The molecule has 1 aromatic carbocycles. The third-order valence-electron chi connectivity index (χ3n) is 4.00. The lowest BCUT2D eigenvalue weighted by Gasteiger charge is -2.40. The minimum absolute atomic E-state index is 0.439. The van der Waals surface area contributed by atoms with Crippen LogP contribution in [0.3, 0.4) is 0 Å². The molecule has 2 rings (SSSR count). The number of hydrogen-bond acceptors (Lipinski definition) is 2. The van der Waals surface area contributed by atoms with Crippen molar-refractivity contribution < 1.29 is 0 Å². The molecule has 0 radical (unpaired) electrons. The van der Waals surface area contributed by atoms with Crippen LogP contribution in [0.2, 0.25) is 0 Å². The van der Waals surface area contributed by atoms with Crippen molar-refractivity contribution in [3.05, 3.63) is 24.3 Å². The SMILES string of the molecule is CC(C)(C)C1CCN(c2ccccc2N)CC1. The highest BCUT2D eigenvalue weighted by molar-refractivity contribution is 5.67. The quantitative estimate of drug-likeness (QED) is 0.750. The molecule has 1 aromatic rings. The second-order valence-electron chi connectivity index (χ2n) is 6.19. The molecule has 17 heavy (non-hydrogen) atoms. The molecule has 1 aliphatic heterocycles. The van der Waals surface area contributed by atoms with Crippen LogP contribution in [0.25, 0.3) is 0 Å². The number of anilines is 2. The number of rotatable bonds is 1. The van der Waals surface area contributed by atoms with E-state index in [1.165, 1.54) is 18.5 Å². The molecular formula is C15H24N2. The van der Waals surface area contributed by atoms with Gasteiger partial charge in [-0.1, -0.05) is 32.9 Å². The lowest BCUT2D eigenvalue weighted by molar-refractivity contribution is 0.199. The van der Waals surface area contributed by atoms with Crippen LogP contribution >= 0.6 is 0 Å². The monoisotopic (exact) mass is 232 g/mol. The van der Waals surface area contributed by atoms with E-state index in [9.17, 15) is 0 Å². The van der Waals surface area contributed by atoms with Gasteiger partial charge in [-0.3, -0.25) is 0 Å². The summed E-state index contributed by atoms with van der Waals surface area (Å²) in [6.07, 6.45) is 2.55. The van der Waals surface area contributed by atoms with Gasteiger partial charge >= 0.3 is 0 Å². The standard InChI is InChI=1S/C15H24N2/c1-15(2,3)12-8-10-17(11-9-12)14-7-5-4-6-13(14)16/h4-7,12H,8-11,16H2,1-3H3. The third-order valence-corrected chi connectivity index (χ3v) is 4.00. The van der Waals surface area contributed by atoms with E-state index in [1.807, 2.05) is 12.1 Å². The van der Waals surface area contributed by atoms with Gasteiger partial charge in [0.25, 0.3) is 0 Å². The van der Waals surface area contributed by atoms with Crippen molar-refractivity contribution >= 4 is 11.4 Å². The summed E-state index contributed by atoms with van der Waals surface area (Å²) < 4.78 is 0. The molecule has 94 valence electrons. The van der Waals surface area contributed by atoms with Gasteiger partial charge in [-0.05, 0) is 36.3 Å². The van der Waals surface area contributed by atoms with E-state index < -0.39 is 0 Å². The van der Waals surface area contributed by atoms with E-state index in [-0.39, 0.29) is 0 Å². The molecule has 2 N–H and O–H groups in total. The number of para-hydroxylation sites is 2. The van der Waals surface area contributed by atoms with Crippen LogP contribution < -0.4 is 10.6 Å². The zero-order valence-electron chi connectivity index (χ0n) is 11.2. The van der Waals surface area contributed by atoms with Gasteiger partial charge in [0.15, 0.2) is 0 Å². The Morgan fingerprint density at radius 2 is 1.71 bits per heavy atom. The Labute approximate surface area is 105 Å². The third kappa shape index (κ3) is 2.74. The smallest absolute Gasteiger partial charge is 0.0599 e. The van der Waals surface area contributed by atoms with Gasteiger partial charge in [0, 0.05) is 13.1 Å². The average molecular weight is 232 g/mol. The molecule has 1 fully saturated rings. The maximum Gasteiger partial charge on any atom is 0.0599 e. The average Bonchev–Trinajstić information content (AvgIpc) is 2.29. The van der Waals surface area contributed by atoms with Crippen molar-refractivity contribution in [1.82, 2.24) is 0 Å². The van der Waals surface area contributed by atoms with Crippen LogP contribution in [-0.2, 0) is 0 Å². The predicted molar refractivity (Wildman–Crippen MR) is 75.2 cm³/mol. The second kappa shape index (κ2) is 4.59. The van der Waals surface area contributed by atoms with Gasteiger partial charge in [-0.2, -0.15) is 0 Å². The van der Waals surface area contributed by atoms with E-state index >= 15 is 0 Å². The summed E-state index contributed by atoms with van der Waals surface area (Å²) in [7, 11) is 0. The lowest BCUT2D eigenvalue weighted by Crippen LogP contribution is -2.38. The molecule has 0 aromatic heterocycles. The zero-order chi connectivity index (χ0) is 12.5. The Morgan fingerprint density at radius 3 is 2.24 bits per heavy atom. The molecule has 0 spiro atoms. The molecule has 1 saturated heterocycles. The Bertz CT molecular complexity index is 371. The normalized spacial score (nSPS) is 18.4. The van der Waals surface area contributed by atoms with E-state index in [2.05, 4.69) is 37.8 Å². The molecule has 2 nitrogen and oxygen atoms in total. The first-order chi connectivity index (χ1) is 7.98. The maximum atomic E-state index is 6.03. The van der Waals surface area contributed by atoms with Gasteiger partial charge in [0.1, 0.15) is 0 Å². The largest absolute Gasteiger partial charge is 0.397 e. The summed E-state index contributed by atoms with van der Waals surface area (Å²) in [6.45, 7) is 9.32. The van der Waals surface area contributed by atoms with Crippen LogP contribution in [0.1, 0.15) is 33.6 Å². The molecule has 0 bridgehead atoms. The summed E-state index contributed by atoms with van der Waals surface area (Å²) in [5.74, 6) is 0.837. The van der Waals surface area contributed by atoms with Gasteiger partial charge in [-0.15, -0.1) is 0 Å². The molecular weight excluding hydrogens is 208 g/mol. The van der Waals surface area contributed by atoms with Crippen molar-refractivity contribution in [2.45, 2.75) is 33.6 Å². The van der Waals surface area contributed by atoms with Gasteiger partial charge < -0.3 is 10.6 Å². The van der Waals surface area contributed by atoms with Crippen molar-refractivity contribution in [2.24, 2.45) is 11.3 Å². The minimum Gasteiger partial charge on any atom is -0.397 e. The number of nitrogens with zero attached hydrogens (tertiary/aromatic N) is 1. The molecule has 0 unspecified atom stereocenters. The first-order valence-corrected chi connectivity index (χ1v) is 6.58. The van der Waals surface area contributed by atoms with Crippen LogP contribution in [0.4, 0.5) is 11.4 Å². The molecule has 0 atom stereocenters. The van der Waals surface area contributed by atoms with E-state index in [4.69, 9.17) is 5.73 Å². The maximum absolute atomic E-state index is 6.03. The van der Waals surface area contributed by atoms with Crippen LogP contribution in [0.5, 0.6) is 0 Å². The first-order valence-electron chi connectivity index (χ1n) is 6.58. The predicted octanol–water partition coefficient (Wildman–Crippen LogP) is 3.53. The Kier molecular flexibility index (Phi) is 3.32. The van der Waals surface area contributed by atoms with Gasteiger partial charge in [-0.25, -0.2) is 0 Å². The van der Waals surface area contributed by atoms with Gasteiger partial charge in [0.05, 0.1) is 11.4 Å². The Morgan fingerprint density at radius 1 is 1.12 bits per heavy atom. The summed E-state index contributed by atoms with van der Waals surface area (Å²) in [5, 5.41) is 0. The summed E-state index contributed by atoms with van der Waals surface area (Å²) >= 11 is 0. The van der Waals surface area contributed by atoms with E-state index in [0.29, 0.717) is 5.41 Å². The lowest BCUT2D eigenvalue weighted by atomic mass is 9.75. The molecule has 1 heterocycles. The Balaban J connectivity index is 2.03. The number of hydrogen-bond donors (Lipinski definition) is 1. The molecule has 2 heteroatoms. The van der Waals surface area contributed by atoms with E-state index in [0.717, 1.165) is 24.7 Å². The van der Waals surface area contributed by atoms with Crippen molar-refractivity contribution in [1.29, 1.82) is 0 Å². The number of nitrogens with two attached hydrogens (primary N) is 1. The van der Waals surface area contributed by atoms with Crippen LogP contribution in [-0.4, -0.2) is 13.1 Å². The highest BCUT2D eigenvalue weighted by Crippen LogP contribution is 2.36. The molecule has 1 aliphatic rings. The van der Waals surface area contributed by atoms with Crippen LogP contribution in [0.15, 0.2) is 24.3 Å². The van der Waals surface area contributed by atoms with Crippen molar-refractivity contribution in [3.63, 3.8) is 0 Å². The molecule has 0 saturated carbocycles. The minimum atomic E-state index is 0.439. The van der Waals surface area contributed by atoms with Crippen LogP contribution in [0, 0.1) is 11.3 Å².